The fourth-order valence-corrected chi connectivity index (χ4v) is 3.09. The number of aryl methyl sites for hydroxylation is 1. The lowest BCUT2D eigenvalue weighted by Crippen LogP contribution is -2.33. The number of hydrogen-bond donors (Lipinski definition) is 3. The number of H-pyrrole nitrogens is 1. The monoisotopic (exact) mass is 334 g/mol. The predicted octanol–water partition coefficient (Wildman–Crippen LogP) is 2.73. The largest absolute Gasteiger partial charge is 0.382 e. The highest BCUT2D eigenvalue weighted by atomic mass is 19.3. The zero-order chi connectivity index (χ0) is 17.4. The fraction of sp³-hybridized carbons (Fsp3) is 0.412. The molecule has 0 fully saturated rings. The molecule has 0 saturated carbocycles. The molecule has 0 amide bonds. The molecule has 0 radical (unpaired) electrons. The van der Waals surface area contributed by atoms with Gasteiger partial charge < -0.3 is 15.8 Å². The second-order valence-corrected chi connectivity index (χ2v) is 6.59. The van der Waals surface area contributed by atoms with E-state index < -0.39 is 5.92 Å². The van der Waals surface area contributed by atoms with Gasteiger partial charge >= 0.3 is 0 Å². The molecule has 2 aliphatic rings. The van der Waals surface area contributed by atoms with Crippen molar-refractivity contribution in [2.45, 2.75) is 44.1 Å². The van der Waals surface area contributed by atoms with Gasteiger partial charge in [-0.2, -0.15) is 5.10 Å². The molecule has 1 unspecified atom stereocenters. The molecule has 2 aromatic rings. The van der Waals surface area contributed by atoms with Crippen LogP contribution in [0.15, 0.2) is 24.3 Å². The Hall–Kier alpha value is -2.44. The normalized spacial score (nSPS) is 23.3. The van der Waals surface area contributed by atoms with Crippen LogP contribution in [-0.4, -0.2) is 27.9 Å². The van der Waals surface area contributed by atoms with E-state index in [-0.39, 0.29) is 24.2 Å². The van der Waals surface area contributed by atoms with Crippen LogP contribution in [-0.2, 0) is 24.1 Å². The van der Waals surface area contributed by atoms with Crippen LogP contribution in [0.2, 0.25) is 0 Å². The van der Waals surface area contributed by atoms with Crippen LogP contribution in [0.5, 0.6) is 0 Å². The molecule has 0 spiro atoms. The Morgan fingerprint density at radius 1 is 1.29 bits per heavy atom. The number of para-hydroxylation sites is 1. The number of carbonyl (C=O) groups excluding carboxylic acids is 1. The zero-order valence-electron chi connectivity index (χ0n) is 13.4. The van der Waals surface area contributed by atoms with Crippen molar-refractivity contribution in [2.75, 3.05) is 11.1 Å². The number of halogens is 2. The van der Waals surface area contributed by atoms with Crippen molar-refractivity contribution in [3.05, 3.63) is 41.1 Å². The SMILES string of the molecule is CC1(C=O)Cc2ccccc2N1.Nc1n[nH]c2c1CC(F)(F)CC2. The van der Waals surface area contributed by atoms with Gasteiger partial charge in [0.15, 0.2) is 0 Å². The number of carbonyl (C=O) groups is 1. The van der Waals surface area contributed by atoms with Gasteiger partial charge in [0.1, 0.15) is 12.1 Å². The number of nitrogens with one attached hydrogen (secondary N) is 2. The number of anilines is 2. The Labute approximate surface area is 138 Å². The quantitative estimate of drug-likeness (QED) is 0.700. The van der Waals surface area contributed by atoms with Crippen LogP contribution in [0.3, 0.4) is 0 Å². The summed E-state index contributed by atoms with van der Waals surface area (Å²) in [6, 6.07) is 8.03. The van der Waals surface area contributed by atoms with Crippen molar-refractivity contribution in [1.82, 2.24) is 10.2 Å². The number of rotatable bonds is 1. The van der Waals surface area contributed by atoms with E-state index in [0.29, 0.717) is 12.0 Å². The molecule has 128 valence electrons. The molecule has 1 aromatic carbocycles. The highest BCUT2D eigenvalue weighted by Gasteiger charge is 2.36. The summed E-state index contributed by atoms with van der Waals surface area (Å²) >= 11 is 0. The Bertz CT molecular complexity index is 732. The van der Waals surface area contributed by atoms with Crippen LogP contribution < -0.4 is 11.1 Å². The first-order valence-electron chi connectivity index (χ1n) is 7.84. The number of benzene rings is 1. The Kier molecular flexibility index (Phi) is 4.03. The molecule has 7 heteroatoms. The molecular weight excluding hydrogens is 314 g/mol. The van der Waals surface area contributed by atoms with Crippen LogP contribution in [0, 0.1) is 0 Å². The van der Waals surface area contributed by atoms with Crippen LogP contribution in [0.4, 0.5) is 20.3 Å². The van der Waals surface area contributed by atoms with Gasteiger partial charge in [-0.15, -0.1) is 0 Å². The first-order chi connectivity index (χ1) is 11.3. The molecule has 4 N–H and O–H groups in total. The second-order valence-electron chi connectivity index (χ2n) is 6.59. The van der Waals surface area contributed by atoms with Crippen molar-refractivity contribution >= 4 is 17.8 Å². The third-order valence-corrected chi connectivity index (χ3v) is 4.42. The van der Waals surface area contributed by atoms with Gasteiger partial charge in [-0.1, -0.05) is 18.2 Å². The average Bonchev–Trinajstić information content (AvgIpc) is 3.07. The first-order valence-corrected chi connectivity index (χ1v) is 7.84. The minimum absolute atomic E-state index is 0.109. The van der Waals surface area contributed by atoms with Crippen molar-refractivity contribution in [2.24, 2.45) is 0 Å². The molecule has 5 nitrogen and oxygen atoms in total. The van der Waals surface area contributed by atoms with E-state index in [9.17, 15) is 13.6 Å². The minimum atomic E-state index is -2.61. The van der Waals surface area contributed by atoms with E-state index in [1.54, 1.807) is 0 Å². The predicted molar refractivity (Wildman–Crippen MR) is 88.2 cm³/mol. The van der Waals surface area contributed by atoms with Gasteiger partial charge in [0.25, 0.3) is 5.92 Å². The van der Waals surface area contributed by atoms with Crippen molar-refractivity contribution in [3.8, 4) is 0 Å². The van der Waals surface area contributed by atoms with E-state index in [0.717, 1.165) is 24.1 Å². The number of aromatic nitrogens is 2. The smallest absolute Gasteiger partial charge is 0.252 e. The van der Waals surface area contributed by atoms with E-state index in [2.05, 4.69) is 21.6 Å². The Morgan fingerprint density at radius 3 is 2.75 bits per heavy atom. The lowest BCUT2D eigenvalue weighted by molar-refractivity contribution is -0.110. The van der Waals surface area contributed by atoms with Crippen LogP contribution in [0.1, 0.15) is 30.2 Å². The summed E-state index contributed by atoms with van der Waals surface area (Å²) in [4.78, 5) is 10.7. The van der Waals surface area contributed by atoms with E-state index in [1.165, 1.54) is 5.56 Å². The maximum Gasteiger partial charge on any atom is 0.252 e. The summed E-state index contributed by atoms with van der Waals surface area (Å²) in [5, 5.41) is 9.53. The van der Waals surface area contributed by atoms with Crippen LogP contribution >= 0.6 is 0 Å². The van der Waals surface area contributed by atoms with Gasteiger partial charge in [-0.3, -0.25) is 5.10 Å². The zero-order valence-corrected chi connectivity index (χ0v) is 13.4. The standard InChI is InChI=1S/C10H11NO.C7H9F2N3/c1-10(7-12)6-8-4-2-3-5-9(8)11-10;8-7(9)2-1-5-4(3-7)6(10)12-11-5/h2-5,7,11H,6H2,1H3;1-3H2,(H3,10,11,12). The molecular formula is C17H20F2N4O. The summed E-state index contributed by atoms with van der Waals surface area (Å²) in [5.74, 6) is -2.39. The number of alkyl halides is 2. The second kappa shape index (κ2) is 5.89. The number of fused-ring (bicyclic) bond motifs is 2. The van der Waals surface area contributed by atoms with Gasteiger partial charge in [-0.25, -0.2) is 8.78 Å². The molecule has 2 heterocycles. The molecule has 1 aromatic heterocycles. The maximum atomic E-state index is 12.8. The molecule has 1 aliphatic carbocycles. The van der Waals surface area contributed by atoms with E-state index in [4.69, 9.17) is 5.73 Å². The van der Waals surface area contributed by atoms with Crippen molar-refractivity contribution in [3.63, 3.8) is 0 Å². The number of aromatic amines is 1. The first kappa shape index (κ1) is 16.4. The summed E-state index contributed by atoms with van der Waals surface area (Å²) in [7, 11) is 0. The molecule has 1 aliphatic heterocycles. The topological polar surface area (TPSA) is 83.8 Å². The Morgan fingerprint density at radius 2 is 2.04 bits per heavy atom. The van der Waals surface area contributed by atoms with Gasteiger partial charge in [0.05, 0.1) is 5.54 Å². The Balaban J connectivity index is 0.000000141. The van der Waals surface area contributed by atoms with E-state index in [1.807, 2.05) is 25.1 Å². The number of hydrogen-bond acceptors (Lipinski definition) is 4. The van der Waals surface area contributed by atoms with Crippen molar-refractivity contribution in [1.29, 1.82) is 0 Å². The number of nitrogen functional groups attached to an aromatic ring is 1. The lowest BCUT2D eigenvalue weighted by atomic mass is 9.94. The van der Waals surface area contributed by atoms with Crippen molar-refractivity contribution < 1.29 is 13.6 Å². The number of nitrogens with zero attached hydrogens (tertiary/aromatic N) is 1. The summed E-state index contributed by atoms with van der Waals surface area (Å²) < 4.78 is 25.7. The molecule has 4 rings (SSSR count). The molecule has 1 atom stereocenters. The van der Waals surface area contributed by atoms with Crippen LogP contribution in [0.25, 0.3) is 0 Å². The van der Waals surface area contributed by atoms with Gasteiger partial charge in [0, 0.05) is 36.2 Å². The summed E-state index contributed by atoms with van der Waals surface area (Å²) in [5.41, 5.74) is 8.59. The van der Waals surface area contributed by atoms with E-state index >= 15 is 0 Å². The highest BCUT2D eigenvalue weighted by Crippen LogP contribution is 2.34. The fourth-order valence-electron chi connectivity index (χ4n) is 3.09. The highest BCUT2D eigenvalue weighted by molar-refractivity contribution is 5.76. The molecule has 24 heavy (non-hydrogen) atoms. The number of aldehydes is 1. The summed E-state index contributed by atoms with van der Waals surface area (Å²) in [6.07, 6.45) is 1.73. The van der Waals surface area contributed by atoms with Gasteiger partial charge in [0.2, 0.25) is 0 Å². The third kappa shape index (κ3) is 3.25. The minimum Gasteiger partial charge on any atom is -0.382 e. The average molecular weight is 334 g/mol. The molecule has 0 bridgehead atoms. The maximum absolute atomic E-state index is 12.8. The number of nitrogens with two attached hydrogens (primary N) is 1. The lowest BCUT2D eigenvalue weighted by Gasteiger charge is -2.20. The summed E-state index contributed by atoms with van der Waals surface area (Å²) in [6.45, 7) is 1.92. The third-order valence-electron chi connectivity index (χ3n) is 4.42. The van der Waals surface area contributed by atoms with Gasteiger partial charge in [-0.05, 0) is 25.0 Å². The molecule has 0 saturated heterocycles.